The van der Waals surface area contributed by atoms with Gasteiger partial charge in [-0.15, -0.1) is 0 Å². The number of halogens is 3. The Morgan fingerprint density at radius 1 is 1.00 bits per heavy atom. The van der Waals surface area contributed by atoms with Crippen LogP contribution in [0.4, 0.5) is 0 Å². The number of nitrogens with zero attached hydrogens (tertiary/aromatic N) is 3. The number of hydrogen-bond acceptors (Lipinski definition) is 6. The molecular formula is C31H20Br2ClN3O4. The lowest BCUT2D eigenvalue weighted by atomic mass is 10.2. The number of methoxy groups -OCH3 is 1. The van der Waals surface area contributed by atoms with Crippen LogP contribution < -0.4 is 15.0 Å². The molecular weight excluding hydrogens is 674 g/mol. The standard InChI is InChI=1S/C31H20Br2ClN3O4/c1-39-25-15-20(27(32)28(33)29(25)40-17-18-7-3-2-4-8-18)16-35-37-30(36-23-10-6-5-9-22(23)31(37)38)26-14-19-13-21(34)11-12-24(19)41-26/h2-16H,17H2,1H3. The van der Waals surface area contributed by atoms with Gasteiger partial charge in [0.05, 0.1) is 28.7 Å². The zero-order valence-electron chi connectivity index (χ0n) is 21.5. The maximum absolute atomic E-state index is 13.6. The molecule has 0 aliphatic heterocycles. The Bertz CT molecular complexity index is 2010. The maximum atomic E-state index is 13.6. The zero-order valence-corrected chi connectivity index (χ0v) is 25.4. The van der Waals surface area contributed by atoms with Gasteiger partial charge in [-0.25, -0.2) is 4.98 Å². The fraction of sp³-hybridized carbons (Fsp3) is 0.0645. The van der Waals surface area contributed by atoms with Crippen LogP contribution in [-0.4, -0.2) is 23.0 Å². The van der Waals surface area contributed by atoms with Crippen molar-refractivity contribution in [1.29, 1.82) is 0 Å². The van der Waals surface area contributed by atoms with Gasteiger partial charge in [-0.3, -0.25) is 4.79 Å². The largest absolute Gasteiger partial charge is 0.493 e. The summed E-state index contributed by atoms with van der Waals surface area (Å²) in [7, 11) is 1.57. The van der Waals surface area contributed by atoms with Gasteiger partial charge in [0.1, 0.15) is 12.2 Å². The van der Waals surface area contributed by atoms with Gasteiger partial charge in [0.25, 0.3) is 5.56 Å². The summed E-state index contributed by atoms with van der Waals surface area (Å²) < 4.78 is 20.3. The number of hydrogen-bond donors (Lipinski definition) is 0. The normalized spacial score (nSPS) is 11.5. The highest BCUT2D eigenvalue weighted by Gasteiger charge is 2.19. The number of fused-ring (bicyclic) bond motifs is 2. The number of aromatic nitrogens is 2. The molecule has 0 N–H and O–H groups in total. The van der Waals surface area contributed by atoms with Crippen LogP contribution >= 0.6 is 43.5 Å². The van der Waals surface area contributed by atoms with Crippen LogP contribution in [-0.2, 0) is 6.61 Å². The zero-order chi connectivity index (χ0) is 28.5. The maximum Gasteiger partial charge on any atom is 0.282 e. The Kier molecular flexibility index (Phi) is 7.66. The Labute approximate surface area is 256 Å². The molecule has 6 aromatic rings. The predicted molar refractivity (Wildman–Crippen MR) is 168 cm³/mol. The Morgan fingerprint density at radius 2 is 1.78 bits per heavy atom. The van der Waals surface area contributed by atoms with Crippen LogP contribution in [0.5, 0.6) is 11.5 Å². The fourth-order valence-corrected chi connectivity index (χ4v) is 5.47. The quantitative estimate of drug-likeness (QED) is 0.157. The Balaban J connectivity index is 1.44. The molecule has 0 saturated heterocycles. The summed E-state index contributed by atoms with van der Waals surface area (Å²) in [6.45, 7) is 0.361. The average Bonchev–Trinajstić information content (AvgIpc) is 3.41. The van der Waals surface area contributed by atoms with Gasteiger partial charge in [-0.2, -0.15) is 9.78 Å². The van der Waals surface area contributed by atoms with Crippen LogP contribution in [0.3, 0.4) is 0 Å². The van der Waals surface area contributed by atoms with E-state index in [2.05, 4.69) is 37.0 Å². The van der Waals surface area contributed by atoms with Gasteiger partial charge in [-0.05, 0) is 79.9 Å². The molecule has 0 amide bonds. The molecule has 0 bridgehead atoms. The monoisotopic (exact) mass is 691 g/mol. The van der Waals surface area contributed by atoms with Gasteiger partial charge < -0.3 is 13.9 Å². The van der Waals surface area contributed by atoms with Crippen molar-refractivity contribution in [3.63, 3.8) is 0 Å². The highest BCUT2D eigenvalue weighted by Crippen LogP contribution is 2.42. The van der Waals surface area contributed by atoms with Crippen molar-refractivity contribution in [2.75, 3.05) is 7.11 Å². The van der Waals surface area contributed by atoms with Crippen molar-refractivity contribution in [1.82, 2.24) is 9.66 Å². The van der Waals surface area contributed by atoms with Gasteiger partial charge in [0, 0.05) is 20.4 Å². The Morgan fingerprint density at radius 3 is 2.59 bits per heavy atom. The minimum absolute atomic E-state index is 0.252. The lowest BCUT2D eigenvalue weighted by molar-refractivity contribution is 0.282. The highest BCUT2D eigenvalue weighted by molar-refractivity contribution is 9.13. The summed E-state index contributed by atoms with van der Waals surface area (Å²) in [4.78, 5) is 18.4. The smallest absolute Gasteiger partial charge is 0.282 e. The third-order valence-electron chi connectivity index (χ3n) is 6.37. The number of ether oxygens (including phenoxy) is 2. The van der Waals surface area contributed by atoms with Crippen LogP contribution in [0.1, 0.15) is 11.1 Å². The van der Waals surface area contributed by atoms with E-state index >= 15 is 0 Å². The molecule has 4 aromatic carbocycles. The molecule has 0 saturated carbocycles. The summed E-state index contributed by atoms with van der Waals surface area (Å²) in [5.41, 5.74) is 2.47. The van der Waals surface area contributed by atoms with E-state index in [1.54, 1.807) is 61.9 Å². The van der Waals surface area contributed by atoms with Crippen molar-refractivity contribution in [3.05, 3.63) is 120 Å². The molecule has 0 aliphatic rings. The topological polar surface area (TPSA) is 78.9 Å². The van der Waals surface area contributed by atoms with Gasteiger partial charge >= 0.3 is 0 Å². The van der Waals surface area contributed by atoms with Crippen LogP contribution in [0, 0.1) is 0 Å². The summed E-state index contributed by atoms with van der Waals surface area (Å²) in [5.74, 6) is 1.66. The SMILES string of the molecule is COc1cc(C=Nn2c(-c3cc4cc(Cl)ccc4o3)nc3ccccc3c2=O)c(Br)c(Br)c1OCc1ccccc1. The molecule has 7 nitrogen and oxygen atoms in total. The first-order chi connectivity index (χ1) is 19.9. The van der Waals surface area contributed by atoms with Crippen LogP contribution in [0.15, 0.2) is 108 Å². The van der Waals surface area contributed by atoms with Gasteiger partial charge in [0.2, 0.25) is 5.82 Å². The molecule has 204 valence electrons. The summed E-state index contributed by atoms with van der Waals surface area (Å²) in [6.07, 6.45) is 1.55. The van der Waals surface area contributed by atoms with Crippen molar-refractivity contribution in [2.24, 2.45) is 5.10 Å². The van der Waals surface area contributed by atoms with Gasteiger partial charge in [0.15, 0.2) is 17.3 Å². The second-order valence-corrected chi connectivity index (χ2v) is 11.0. The van der Waals surface area contributed by atoms with E-state index < -0.39 is 0 Å². The average molecular weight is 694 g/mol. The first-order valence-electron chi connectivity index (χ1n) is 12.4. The highest BCUT2D eigenvalue weighted by atomic mass is 79.9. The van der Waals surface area contributed by atoms with E-state index in [4.69, 9.17) is 30.5 Å². The molecule has 0 atom stereocenters. The molecule has 0 aliphatic carbocycles. The number of para-hydroxylation sites is 1. The van der Waals surface area contributed by atoms with E-state index in [0.29, 0.717) is 59.9 Å². The molecule has 0 fully saturated rings. The van der Waals surface area contributed by atoms with Crippen LogP contribution in [0.2, 0.25) is 5.02 Å². The predicted octanol–water partition coefficient (Wildman–Crippen LogP) is 8.46. The first kappa shape index (κ1) is 27.3. The van der Waals surface area contributed by atoms with Crippen molar-refractivity contribution < 1.29 is 13.9 Å². The third kappa shape index (κ3) is 5.40. The van der Waals surface area contributed by atoms with E-state index in [1.165, 1.54) is 4.68 Å². The third-order valence-corrected chi connectivity index (χ3v) is 8.74. The van der Waals surface area contributed by atoms with E-state index in [1.807, 2.05) is 36.4 Å². The molecule has 6 rings (SSSR count). The molecule has 2 heterocycles. The summed E-state index contributed by atoms with van der Waals surface area (Å²) in [6, 6.07) is 25.8. The molecule has 2 aromatic heterocycles. The van der Waals surface area contributed by atoms with Gasteiger partial charge in [-0.1, -0.05) is 54.1 Å². The molecule has 0 spiro atoms. The summed E-state index contributed by atoms with van der Waals surface area (Å²) >= 11 is 13.4. The summed E-state index contributed by atoms with van der Waals surface area (Å²) in [5, 5.41) is 6.36. The second-order valence-electron chi connectivity index (χ2n) is 9.01. The van der Waals surface area contributed by atoms with Crippen molar-refractivity contribution in [2.45, 2.75) is 6.61 Å². The molecule has 0 unspecified atom stereocenters. The van der Waals surface area contributed by atoms with E-state index in [-0.39, 0.29) is 11.4 Å². The number of rotatable bonds is 7. The molecule has 41 heavy (non-hydrogen) atoms. The Hall–Kier alpha value is -3.92. The first-order valence-corrected chi connectivity index (χ1v) is 14.4. The van der Waals surface area contributed by atoms with E-state index in [0.717, 1.165) is 10.9 Å². The second kappa shape index (κ2) is 11.5. The van der Waals surface area contributed by atoms with Crippen molar-refractivity contribution in [3.8, 4) is 23.1 Å². The molecule has 0 radical (unpaired) electrons. The number of benzene rings is 4. The van der Waals surface area contributed by atoms with E-state index in [9.17, 15) is 4.79 Å². The van der Waals surface area contributed by atoms with Crippen molar-refractivity contribution >= 4 is 71.5 Å². The van der Waals surface area contributed by atoms with Crippen LogP contribution in [0.25, 0.3) is 33.5 Å². The number of furan rings is 1. The molecule has 10 heteroatoms. The lowest BCUT2D eigenvalue weighted by Gasteiger charge is -2.15. The minimum Gasteiger partial charge on any atom is -0.493 e. The lowest BCUT2D eigenvalue weighted by Crippen LogP contribution is -2.20. The minimum atomic E-state index is -0.342. The fourth-order valence-electron chi connectivity index (χ4n) is 4.35.